The number of nitrogens with one attached hydrogen (secondary N) is 3. The number of carbonyl (C=O) groups is 1. The Balaban J connectivity index is 1.78. The minimum Gasteiger partial charge on any atom is -0.383 e. The van der Waals surface area contributed by atoms with E-state index in [0.717, 1.165) is 5.56 Å². The normalized spacial score (nSPS) is 10.1. The van der Waals surface area contributed by atoms with Crippen molar-refractivity contribution in [3.05, 3.63) is 30.3 Å². The number of carbonyl (C=O) groups excluding carboxylic acids is 1. The second-order valence-electron chi connectivity index (χ2n) is 4.43. The van der Waals surface area contributed by atoms with E-state index in [9.17, 15) is 4.79 Å². The van der Waals surface area contributed by atoms with Gasteiger partial charge in [-0.1, -0.05) is 30.3 Å². The first kappa shape index (κ1) is 16.8. The van der Waals surface area contributed by atoms with Crippen LogP contribution in [0, 0.1) is 0 Å². The number of ether oxygens (including phenoxy) is 1. The van der Waals surface area contributed by atoms with Crippen LogP contribution in [0.2, 0.25) is 0 Å². The van der Waals surface area contributed by atoms with Gasteiger partial charge in [-0.05, 0) is 17.4 Å². The van der Waals surface area contributed by atoms with E-state index in [1.807, 2.05) is 30.3 Å². The van der Waals surface area contributed by atoms with Crippen molar-refractivity contribution in [2.75, 3.05) is 20.3 Å². The molecule has 0 radical (unpaired) electrons. The molecular formula is C13H17N7O2S. The van der Waals surface area contributed by atoms with E-state index in [-0.39, 0.29) is 12.5 Å². The molecule has 0 spiro atoms. The highest BCUT2D eigenvalue weighted by molar-refractivity contribution is 7.80. The Bertz CT molecular complexity index is 647. The zero-order valence-electron chi connectivity index (χ0n) is 12.5. The van der Waals surface area contributed by atoms with Gasteiger partial charge in [0.2, 0.25) is 5.82 Å². The lowest BCUT2D eigenvalue weighted by Gasteiger charge is -2.10. The van der Waals surface area contributed by atoms with Gasteiger partial charge in [0.1, 0.15) is 6.54 Å². The van der Waals surface area contributed by atoms with Crippen molar-refractivity contribution in [3.63, 3.8) is 0 Å². The van der Waals surface area contributed by atoms with Crippen LogP contribution in [0.3, 0.4) is 0 Å². The zero-order chi connectivity index (χ0) is 16.5. The Hall–Kier alpha value is -2.59. The molecule has 0 atom stereocenters. The molecule has 1 heterocycles. The van der Waals surface area contributed by atoms with E-state index in [2.05, 4.69) is 31.6 Å². The molecule has 0 bridgehead atoms. The van der Waals surface area contributed by atoms with Gasteiger partial charge >= 0.3 is 0 Å². The fourth-order valence-corrected chi connectivity index (χ4v) is 1.77. The van der Waals surface area contributed by atoms with Crippen LogP contribution < -0.4 is 16.2 Å². The monoisotopic (exact) mass is 335 g/mol. The van der Waals surface area contributed by atoms with E-state index < -0.39 is 0 Å². The van der Waals surface area contributed by atoms with Crippen LogP contribution in [-0.2, 0) is 16.1 Å². The summed E-state index contributed by atoms with van der Waals surface area (Å²) in [6, 6.07) is 9.39. The lowest BCUT2D eigenvalue weighted by molar-refractivity contribution is -0.122. The summed E-state index contributed by atoms with van der Waals surface area (Å²) < 4.78 is 4.87. The number of nitrogens with zero attached hydrogens (tertiary/aromatic N) is 4. The molecular weight excluding hydrogens is 318 g/mol. The number of tetrazole rings is 1. The maximum absolute atomic E-state index is 11.8. The van der Waals surface area contributed by atoms with Crippen LogP contribution >= 0.6 is 12.2 Å². The van der Waals surface area contributed by atoms with Gasteiger partial charge < -0.3 is 10.1 Å². The Kier molecular flexibility index (Phi) is 6.39. The molecule has 0 fully saturated rings. The molecule has 1 aromatic heterocycles. The summed E-state index contributed by atoms with van der Waals surface area (Å²) in [5, 5.41) is 15.1. The predicted octanol–water partition coefficient (Wildman–Crippen LogP) is -0.518. The quantitative estimate of drug-likeness (QED) is 0.368. The number of methoxy groups -OCH3 is 1. The average Bonchev–Trinajstić information content (AvgIpc) is 3.02. The number of hydrazine groups is 1. The summed E-state index contributed by atoms with van der Waals surface area (Å²) >= 11 is 4.98. The average molecular weight is 335 g/mol. The summed E-state index contributed by atoms with van der Waals surface area (Å²) in [5.74, 6) is 0.112. The van der Waals surface area contributed by atoms with Crippen LogP contribution in [0.1, 0.15) is 0 Å². The van der Waals surface area contributed by atoms with Crippen LogP contribution in [0.4, 0.5) is 0 Å². The molecule has 9 nitrogen and oxygen atoms in total. The fourth-order valence-electron chi connectivity index (χ4n) is 1.62. The van der Waals surface area contributed by atoms with Gasteiger partial charge in [-0.15, -0.1) is 10.2 Å². The molecule has 1 amide bonds. The molecule has 23 heavy (non-hydrogen) atoms. The Morgan fingerprint density at radius 3 is 2.83 bits per heavy atom. The van der Waals surface area contributed by atoms with Crippen molar-refractivity contribution in [1.82, 2.24) is 36.4 Å². The van der Waals surface area contributed by atoms with Gasteiger partial charge in [0.15, 0.2) is 5.11 Å². The second-order valence-corrected chi connectivity index (χ2v) is 4.84. The second kappa shape index (κ2) is 8.76. The number of thiocarbonyl (C=S) groups is 1. The van der Waals surface area contributed by atoms with Crippen LogP contribution in [-0.4, -0.2) is 51.5 Å². The highest BCUT2D eigenvalue weighted by Gasteiger charge is 2.09. The number of amides is 1. The molecule has 2 rings (SSSR count). The van der Waals surface area contributed by atoms with Gasteiger partial charge in [0.25, 0.3) is 5.91 Å². The van der Waals surface area contributed by atoms with E-state index in [1.54, 1.807) is 7.11 Å². The third kappa shape index (κ3) is 5.60. The molecule has 3 N–H and O–H groups in total. The lowest BCUT2D eigenvalue weighted by atomic mass is 10.2. The Morgan fingerprint density at radius 1 is 1.30 bits per heavy atom. The maximum Gasteiger partial charge on any atom is 0.262 e. The van der Waals surface area contributed by atoms with Crippen LogP contribution in [0.5, 0.6) is 0 Å². The molecule has 0 unspecified atom stereocenters. The van der Waals surface area contributed by atoms with Crippen molar-refractivity contribution in [2.24, 2.45) is 0 Å². The van der Waals surface area contributed by atoms with Crippen molar-refractivity contribution in [2.45, 2.75) is 6.54 Å². The van der Waals surface area contributed by atoms with Crippen molar-refractivity contribution >= 4 is 23.2 Å². The minimum absolute atomic E-state index is 0.0759. The van der Waals surface area contributed by atoms with E-state index in [0.29, 0.717) is 24.1 Å². The maximum atomic E-state index is 11.8. The summed E-state index contributed by atoms with van der Waals surface area (Å²) in [6.07, 6.45) is 0. The first-order chi connectivity index (χ1) is 11.2. The van der Waals surface area contributed by atoms with Crippen molar-refractivity contribution in [1.29, 1.82) is 0 Å². The summed E-state index contributed by atoms with van der Waals surface area (Å²) in [6.45, 7) is 0.984. The fraction of sp³-hybridized carbons (Fsp3) is 0.308. The summed E-state index contributed by atoms with van der Waals surface area (Å²) in [4.78, 5) is 13.0. The number of aromatic nitrogens is 4. The number of rotatable bonds is 6. The molecule has 0 saturated heterocycles. The third-order valence-electron chi connectivity index (χ3n) is 2.68. The van der Waals surface area contributed by atoms with Gasteiger partial charge in [0.05, 0.1) is 6.61 Å². The zero-order valence-corrected chi connectivity index (χ0v) is 13.3. The van der Waals surface area contributed by atoms with E-state index in [4.69, 9.17) is 17.0 Å². The summed E-state index contributed by atoms with van der Waals surface area (Å²) in [5.41, 5.74) is 5.85. The topological polar surface area (TPSA) is 106 Å². The number of benzene rings is 1. The molecule has 0 aliphatic carbocycles. The third-order valence-corrected chi connectivity index (χ3v) is 2.92. The minimum atomic E-state index is -0.349. The summed E-state index contributed by atoms with van der Waals surface area (Å²) in [7, 11) is 1.59. The van der Waals surface area contributed by atoms with Gasteiger partial charge in [-0.25, -0.2) is 0 Å². The molecule has 0 aliphatic heterocycles. The number of hydrogen-bond donors (Lipinski definition) is 3. The first-order valence-corrected chi connectivity index (χ1v) is 7.24. The van der Waals surface area contributed by atoms with Crippen molar-refractivity contribution < 1.29 is 9.53 Å². The SMILES string of the molecule is COCCNC(=S)NNC(=O)Cn1nnc(-c2ccccc2)n1. The molecule has 1 aromatic carbocycles. The Morgan fingerprint density at radius 2 is 2.09 bits per heavy atom. The predicted molar refractivity (Wildman–Crippen MR) is 87.0 cm³/mol. The van der Waals surface area contributed by atoms with E-state index in [1.165, 1.54) is 4.80 Å². The van der Waals surface area contributed by atoms with Gasteiger partial charge in [-0.2, -0.15) is 4.80 Å². The molecule has 0 saturated carbocycles. The van der Waals surface area contributed by atoms with Crippen LogP contribution in [0.25, 0.3) is 11.4 Å². The first-order valence-electron chi connectivity index (χ1n) is 6.84. The largest absolute Gasteiger partial charge is 0.383 e. The van der Waals surface area contributed by atoms with Gasteiger partial charge in [-0.3, -0.25) is 15.6 Å². The Labute approximate surface area is 138 Å². The van der Waals surface area contributed by atoms with Gasteiger partial charge in [0, 0.05) is 19.2 Å². The molecule has 0 aliphatic rings. The lowest BCUT2D eigenvalue weighted by Crippen LogP contribution is -2.48. The molecule has 122 valence electrons. The van der Waals surface area contributed by atoms with Crippen LogP contribution in [0.15, 0.2) is 30.3 Å². The number of hydrogen-bond acceptors (Lipinski definition) is 6. The highest BCUT2D eigenvalue weighted by Crippen LogP contribution is 2.11. The molecule has 2 aromatic rings. The van der Waals surface area contributed by atoms with E-state index >= 15 is 0 Å². The highest BCUT2D eigenvalue weighted by atomic mass is 32.1. The van der Waals surface area contributed by atoms with Crippen molar-refractivity contribution in [3.8, 4) is 11.4 Å². The molecule has 10 heteroatoms. The standard InChI is InChI=1S/C13H17N7O2S/c1-22-8-7-14-13(23)17-15-11(21)9-20-18-12(16-19-20)10-5-3-2-4-6-10/h2-6H,7-9H2,1H3,(H,15,21)(H2,14,17,23). The smallest absolute Gasteiger partial charge is 0.262 e.